The molecule has 0 fully saturated rings. The van der Waals surface area contributed by atoms with E-state index in [-0.39, 0.29) is 0 Å². The molecule has 412 valence electrons. The predicted octanol–water partition coefficient (Wildman–Crippen LogP) is 19.0. The third-order valence-corrected chi connectivity index (χ3v) is 23.1. The Morgan fingerprint density at radius 3 is 1.00 bits per heavy atom. The summed E-state index contributed by atoms with van der Waals surface area (Å²) in [6.07, 6.45) is 0. The molecule has 3 heterocycles. The molecule has 17 aromatic rings. The molecule has 88 heavy (non-hydrogen) atoms. The average Bonchev–Trinajstić information content (AvgIpc) is 2.95. The second-order valence-corrected chi connectivity index (χ2v) is 27.0. The van der Waals surface area contributed by atoms with Gasteiger partial charge in [-0.25, -0.2) is 0 Å². The van der Waals surface area contributed by atoms with E-state index < -0.39 is 8.07 Å². The van der Waals surface area contributed by atoms with Gasteiger partial charge in [-0.2, -0.15) is 0 Å². The van der Waals surface area contributed by atoms with Crippen LogP contribution < -0.4 is 20.7 Å². The van der Waals surface area contributed by atoms with Crippen LogP contribution >= 0.6 is 0 Å². The van der Waals surface area contributed by atoms with Crippen molar-refractivity contribution in [3.8, 4) is 61.6 Å². The van der Waals surface area contributed by atoms with Gasteiger partial charge in [0.25, 0.3) is 0 Å². The highest BCUT2D eigenvalue weighted by Crippen LogP contribution is 2.42. The van der Waals surface area contributed by atoms with Crippen LogP contribution in [0.3, 0.4) is 0 Å². The Kier molecular flexibility index (Phi) is 12.2. The van der Waals surface area contributed by atoms with E-state index in [1.54, 1.807) is 0 Å². The van der Waals surface area contributed by atoms with Crippen molar-refractivity contribution in [2.45, 2.75) is 0 Å². The molecule has 3 nitrogen and oxygen atoms in total. The molecule has 0 unspecified atom stereocenters. The molecule has 0 aliphatic heterocycles. The van der Waals surface area contributed by atoms with Crippen molar-refractivity contribution >= 4 is 94.2 Å². The molecular weight excluding hydrogens is 1080 g/mol. The summed E-state index contributed by atoms with van der Waals surface area (Å²) in [5, 5.41) is 12.6. The Labute approximate surface area is 512 Å². The van der Waals surface area contributed by atoms with E-state index in [1.807, 2.05) is 0 Å². The first-order valence-corrected chi connectivity index (χ1v) is 32.4. The van der Waals surface area contributed by atoms with Crippen LogP contribution in [0.25, 0.3) is 127 Å². The Morgan fingerprint density at radius 2 is 0.500 bits per heavy atom. The molecule has 0 aliphatic carbocycles. The van der Waals surface area contributed by atoms with E-state index in [4.69, 9.17) is 0 Å². The predicted molar refractivity (Wildman–Crippen MR) is 375 cm³/mol. The highest BCUT2D eigenvalue weighted by molar-refractivity contribution is 7.20. The minimum Gasteiger partial charge on any atom is -0.309 e. The first-order chi connectivity index (χ1) is 43.6. The number of hydrogen-bond donors (Lipinski definition) is 0. The molecule has 4 heteroatoms. The largest absolute Gasteiger partial charge is 0.309 e. The summed E-state index contributed by atoms with van der Waals surface area (Å²) in [6.45, 7) is 0. The molecule has 0 spiro atoms. The molecule has 0 saturated heterocycles. The molecule has 0 bridgehead atoms. The number of para-hydroxylation sites is 3. The van der Waals surface area contributed by atoms with Crippen molar-refractivity contribution in [1.82, 2.24) is 13.7 Å². The lowest BCUT2D eigenvalue weighted by Crippen LogP contribution is -2.74. The van der Waals surface area contributed by atoms with Crippen LogP contribution in [0.4, 0.5) is 0 Å². The van der Waals surface area contributed by atoms with E-state index in [2.05, 4.69) is 359 Å². The minimum absolute atomic E-state index is 1.08. The Hall–Kier alpha value is -11.3. The highest BCUT2D eigenvalue weighted by Gasteiger charge is 2.41. The smallest absolute Gasteiger partial charge is 0.179 e. The summed E-state index contributed by atoms with van der Waals surface area (Å²) in [6, 6.07) is 129. The first-order valence-electron chi connectivity index (χ1n) is 30.4. The molecule has 0 radical (unpaired) electrons. The molecule has 14 aromatic carbocycles. The number of rotatable bonds is 11. The normalized spacial score (nSPS) is 11.9. The summed E-state index contributed by atoms with van der Waals surface area (Å²) in [4.78, 5) is 0. The first kappa shape index (κ1) is 51.1. The molecule has 0 aliphatic rings. The van der Waals surface area contributed by atoms with Crippen molar-refractivity contribution in [3.05, 3.63) is 346 Å². The summed E-state index contributed by atoms with van der Waals surface area (Å²) in [5.41, 5.74) is 19.7. The zero-order valence-electron chi connectivity index (χ0n) is 48.3. The van der Waals surface area contributed by atoms with Crippen LogP contribution in [0.5, 0.6) is 0 Å². The monoisotopic (exact) mass is 1140 g/mol. The molecule has 0 N–H and O–H groups in total. The van der Waals surface area contributed by atoms with E-state index >= 15 is 0 Å². The maximum Gasteiger partial charge on any atom is 0.179 e. The second kappa shape index (κ2) is 21.0. The van der Waals surface area contributed by atoms with Gasteiger partial charge in [0.15, 0.2) is 8.07 Å². The van der Waals surface area contributed by atoms with Crippen molar-refractivity contribution in [3.63, 3.8) is 0 Å². The third kappa shape index (κ3) is 8.33. The number of benzene rings is 14. The summed E-state index contributed by atoms with van der Waals surface area (Å²) >= 11 is 0. The number of fused-ring (bicyclic) bond motifs is 9. The van der Waals surface area contributed by atoms with Crippen LogP contribution in [-0.4, -0.2) is 21.8 Å². The Morgan fingerprint density at radius 1 is 0.159 bits per heavy atom. The lowest BCUT2D eigenvalue weighted by molar-refractivity contribution is 1.13. The second-order valence-electron chi connectivity index (χ2n) is 23.2. The van der Waals surface area contributed by atoms with Gasteiger partial charge < -0.3 is 13.7 Å². The van der Waals surface area contributed by atoms with Gasteiger partial charge in [-0.15, -0.1) is 0 Å². The van der Waals surface area contributed by atoms with Gasteiger partial charge in [0.05, 0.1) is 33.1 Å². The van der Waals surface area contributed by atoms with Crippen LogP contribution in [0, 0.1) is 0 Å². The number of nitrogens with zero attached hydrogens (tertiary/aromatic N) is 3. The summed E-state index contributed by atoms with van der Waals surface area (Å²) in [7, 11) is -2.99. The lowest BCUT2D eigenvalue weighted by atomic mass is 10.0. The Bertz CT molecular complexity index is 5280. The number of hydrogen-bond acceptors (Lipinski definition) is 0. The van der Waals surface area contributed by atoms with Gasteiger partial charge >= 0.3 is 0 Å². The molecule has 17 rings (SSSR count). The van der Waals surface area contributed by atoms with Gasteiger partial charge in [0.1, 0.15) is 0 Å². The zero-order chi connectivity index (χ0) is 58.1. The SMILES string of the molecule is c1ccc(-c2ccc([Si](c3ccccc3)(c3ccccc3)c3cccc(-c4cc(-n5c6ccccc6c6ccccc65)cc(-n5c6ccccc6c6ccc(-n7c8ccc(-c9ccccc9)cc8c8cc(-c9ccccc9)ccc87)cc65)c4)c3)cc2)cc1. The van der Waals surface area contributed by atoms with Gasteiger partial charge in [-0.1, -0.05) is 273 Å². The van der Waals surface area contributed by atoms with Gasteiger partial charge in [-0.3, -0.25) is 0 Å². The maximum atomic E-state index is 2.52. The van der Waals surface area contributed by atoms with E-state index in [0.717, 1.165) is 50.3 Å². The fraction of sp³-hybridized carbons (Fsp3) is 0. The fourth-order valence-electron chi connectivity index (χ4n) is 14.4. The molecule has 3 aromatic heterocycles. The summed E-state index contributed by atoms with van der Waals surface area (Å²) < 4.78 is 7.48. The fourth-order valence-corrected chi connectivity index (χ4v) is 19.1. The number of aromatic nitrogens is 3. The van der Waals surface area contributed by atoms with Crippen molar-refractivity contribution in [2.75, 3.05) is 0 Å². The molecular formula is C84H57N3Si. The van der Waals surface area contributed by atoms with Crippen LogP contribution in [0.15, 0.2) is 346 Å². The standard InChI is InChI=1S/C84H57N3Si/c1-6-23-58(24-7-1)61-41-46-71(47-42-61)88(69-30-12-4-13-31-69,70-32-14-5-15-33-70)72-34-22-29-62(53-72)65-51-67(86-79-38-19-16-35-73(79)74-36-17-20-39-80(74)86)56-68(52-65)87-81-40-21-18-37-75(81)76-48-45-66(57-84(76)87)85-82-49-43-63(59-25-8-2-9-26-59)54-77(82)78-55-64(44-50-83(78)85)60-27-10-3-11-28-60/h1-57H. The molecule has 0 saturated carbocycles. The van der Waals surface area contributed by atoms with Crippen LogP contribution in [-0.2, 0) is 0 Å². The van der Waals surface area contributed by atoms with Gasteiger partial charge in [-0.05, 0) is 138 Å². The molecule has 0 amide bonds. The minimum atomic E-state index is -2.99. The third-order valence-electron chi connectivity index (χ3n) is 18.4. The van der Waals surface area contributed by atoms with Crippen molar-refractivity contribution < 1.29 is 0 Å². The topological polar surface area (TPSA) is 14.8 Å². The van der Waals surface area contributed by atoms with E-state index in [1.165, 1.54) is 97.5 Å². The van der Waals surface area contributed by atoms with E-state index in [0.29, 0.717) is 0 Å². The molecule has 0 atom stereocenters. The van der Waals surface area contributed by atoms with Crippen LogP contribution in [0.1, 0.15) is 0 Å². The zero-order valence-corrected chi connectivity index (χ0v) is 49.3. The van der Waals surface area contributed by atoms with Crippen LogP contribution in [0.2, 0.25) is 0 Å². The summed E-state index contributed by atoms with van der Waals surface area (Å²) in [5.74, 6) is 0. The Balaban J connectivity index is 0.912. The van der Waals surface area contributed by atoms with Gasteiger partial charge in [0.2, 0.25) is 0 Å². The average molecular weight is 1140 g/mol. The lowest BCUT2D eigenvalue weighted by Gasteiger charge is -2.35. The van der Waals surface area contributed by atoms with E-state index in [9.17, 15) is 0 Å². The maximum absolute atomic E-state index is 2.99. The van der Waals surface area contributed by atoms with Crippen molar-refractivity contribution in [1.29, 1.82) is 0 Å². The van der Waals surface area contributed by atoms with Gasteiger partial charge in [0, 0.05) is 49.4 Å². The quantitative estimate of drug-likeness (QED) is 0.0906. The van der Waals surface area contributed by atoms with Crippen molar-refractivity contribution in [2.24, 2.45) is 0 Å². The highest BCUT2D eigenvalue weighted by atomic mass is 28.3.